The highest BCUT2D eigenvalue weighted by Gasteiger charge is 2.46. The lowest BCUT2D eigenvalue weighted by Crippen LogP contribution is -2.59. The molecule has 10 heteroatoms. The molecule has 2 aliphatic rings. The molecule has 0 saturated carbocycles. The first-order valence-electron chi connectivity index (χ1n) is 10.8. The molecule has 3 atom stereocenters. The molecule has 6 nitrogen and oxygen atoms in total. The van der Waals surface area contributed by atoms with Crippen LogP contribution in [0.25, 0.3) is 0 Å². The second-order valence-electron chi connectivity index (χ2n) is 10.2. The molecule has 0 N–H and O–H groups in total. The van der Waals surface area contributed by atoms with Crippen LogP contribution in [0.3, 0.4) is 0 Å². The first-order chi connectivity index (χ1) is 14.2. The largest absolute Gasteiger partial charge is 0.419 e. The quantitative estimate of drug-likeness (QED) is 0.629. The molecule has 2 fully saturated rings. The van der Waals surface area contributed by atoms with Crippen LogP contribution in [0.1, 0.15) is 46.1 Å². The highest BCUT2D eigenvalue weighted by molar-refractivity contribution is 6.74. The molecule has 174 valence electrons. The van der Waals surface area contributed by atoms with E-state index in [-0.39, 0.29) is 35.0 Å². The number of halogens is 3. The number of hydrogen-bond donors (Lipinski definition) is 0. The van der Waals surface area contributed by atoms with Crippen molar-refractivity contribution >= 4 is 20.2 Å². The van der Waals surface area contributed by atoms with Gasteiger partial charge in [0.15, 0.2) is 8.32 Å². The Morgan fingerprint density at radius 1 is 1.10 bits per heavy atom. The summed E-state index contributed by atoms with van der Waals surface area (Å²) in [6, 6.07) is -0.0442. The van der Waals surface area contributed by atoms with Crippen molar-refractivity contribution in [1.82, 2.24) is 14.9 Å². The normalized spacial score (nSPS) is 26.0. The fraction of sp³-hybridized carbons (Fsp3) is 0.762. The van der Waals surface area contributed by atoms with E-state index in [4.69, 9.17) is 4.43 Å². The molecule has 0 radical (unpaired) electrons. The molecule has 1 amide bonds. The fourth-order valence-corrected chi connectivity index (χ4v) is 5.27. The van der Waals surface area contributed by atoms with Crippen LogP contribution in [0, 0.1) is 5.92 Å². The van der Waals surface area contributed by atoms with Crippen LogP contribution >= 0.6 is 0 Å². The average Bonchev–Trinajstić information content (AvgIpc) is 2.99. The van der Waals surface area contributed by atoms with Crippen LogP contribution in [0.15, 0.2) is 12.4 Å². The Balaban J connectivity index is 1.84. The molecule has 0 bridgehead atoms. The van der Waals surface area contributed by atoms with E-state index < -0.39 is 20.1 Å². The number of piperidine rings is 1. The zero-order valence-corrected chi connectivity index (χ0v) is 20.2. The molecular weight excluding hydrogens is 425 g/mol. The minimum Gasteiger partial charge on any atom is -0.410 e. The van der Waals surface area contributed by atoms with Crippen molar-refractivity contribution in [2.45, 2.75) is 77.0 Å². The average molecular weight is 459 g/mol. The first kappa shape index (κ1) is 24.0. The van der Waals surface area contributed by atoms with Crippen molar-refractivity contribution in [3.8, 4) is 0 Å². The lowest BCUT2D eigenvalue weighted by Gasteiger charge is -2.47. The van der Waals surface area contributed by atoms with Gasteiger partial charge in [-0.1, -0.05) is 27.7 Å². The molecule has 2 saturated heterocycles. The van der Waals surface area contributed by atoms with Crippen molar-refractivity contribution in [2.75, 3.05) is 24.5 Å². The van der Waals surface area contributed by atoms with Crippen LogP contribution in [0.5, 0.6) is 0 Å². The van der Waals surface area contributed by atoms with Gasteiger partial charge in [0.05, 0.1) is 17.7 Å². The Bertz CT molecular complexity index is 795. The third kappa shape index (κ3) is 5.05. The summed E-state index contributed by atoms with van der Waals surface area (Å²) in [5.74, 6) is 0.439. The van der Waals surface area contributed by atoms with Crippen molar-refractivity contribution in [1.29, 1.82) is 0 Å². The van der Waals surface area contributed by atoms with Crippen molar-refractivity contribution < 1.29 is 22.4 Å². The molecule has 3 heterocycles. The summed E-state index contributed by atoms with van der Waals surface area (Å²) in [4.78, 5) is 24.5. The van der Waals surface area contributed by atoms with Gasteiger partial charge in [0.2, 0.25) is 11.9 Å². The van der Waals surface area contributed by atoms with Crippen LogP contribution < -0.4 is 4.90 Å². The zero-order chi connectivity index (χ0) is 23.2. The number of alkyl halides is 3. The number of hydrogen-bond acceptors (Lipinski definition) is 5. The summed E-state index contributed by atoms with van der Waals surface area (Å²) in [7, 11) is -2.14. The third-order valence-corrected chi connectivity index (χ3v) is 11.4. The molecular formula is C21H33F3N4O2Si. The summed E-state index contributed by atoms with van der Waals surface area (Å²) in [6.07, 6.45) is -1.55. The van der Waals surface area contributed by atoms with Gasteiger partial charge in [-0.15, -0.1) is 0 Å². The second kappa shape index (κ2) is 8.35. The first-order valence-corrected chi connectivity index (χ1v) is 13.7. The van der Waals surface area contributed by atoms with E-state index in [1.165, 1.54) is 0 Å². The maximum atomic E-state index is 12.9. The number of carbonyl (C=O) groups excluding carboxylic acids is 1. The molecule has 1 aromatic heterocycles. The maximum absolute atomic E-state index is 12.9. The number of carbonyl (C=O) groups is 1. The molecule has 0 aliphatic carbocycles. The number of likely N-dealkylation sites (tertiary alicyclic amines) is 1. The SMILES string of the molecule is C[C@H]1CCN([C@@H]2CCN(c3ncc(C(F)(F)F)cn3)C[C@H]2O[Si](C)(C)C(C)(C)C)C1=O. The summed E-state index contributed by atoms with van der Waals surface area (Å²) < 4.78 is 45.4. The number of aromatic nitrogens is 2. The number of amides is 1. The summed E-state index contributed by atoms with van der Waals surface area (Å²) in [6.45, 7) is 14.5. The highest BCUT2D eigenvalue weighted by atomic mass is 28.4. The van der Waals surface area contributed by atoms with E-state index in [1.807, 2.05) is 16.7 Å². The van der Waals surface area contributed by atoms with Gasteiger partial charge >= 0.3 is 6.18 Å². The van der Waals surface area contributed by atoms with E-state index in [0.29, 0.717) is 19.5 Å². The summed E-state index contributed by atoms with van der Waals surface area (Å²) >= 11 is 0. The maximum Gasteiger partial charge on any atom is 0.419 e. The Morgan fingerprint density at radius 2 is 1.71 bits per heavy atom. The van der Waals surface area contributed by atoms with E-state index in [2.05, 4.69) is 43.8 Å². The lowest BCUT2D eigenvalue weighted by atomic mass is 10.0. The Labute approximate surface area is 183 Å². The van der Waals surface area contributed by atoms with E-state index in [1.54, 1.807) is 0 Å². The Hall–Kier alpha value is -1.68. The van der Waals surface area contributed by atoms with Gasteiger partial charge in [0.25, 0.3) is 0 Å². The number of nitrogens with zero attached hydrogens (tertiary/aromatic N) is 4. The molecule has 1 aromatic rings. The van der Waals surface area contributed by atoms with Gasteiger partial charge in [0, 0.05) is 37.9 Å². The molecule has 31 heavy (non-hydrogen) atoms. The van der Waals surface area contributed by atoms with Crippen LogP contribution in [0.2, 0.25) is 18.1 Å². The lowest BCUT2D eigenvalue weighted by molar-refractivity contribution is -0.138. The molecule has 2 aliphatic heterocycles. The van der Waals surface area contributed by atoms with E-state index >= 15 is 0 Å². The van der Waals surface area contributed by atoms with Gasteiger partial charge in [-0.05, 0) is 31.0 Å². The van der Waals surface area contributed by atoms with Crippen molar-refractivity contribution in [3.05, 3.63) is 18.0 Å². The predicted molar refractivity (Wildman–Crippen MR) is 115 cm³/mol. The molecule has 3 rings (SSSR count). The third-order valence-electron chi connectivity index (χ3n) is 6.93. The second-order valence-corrected chi connectivity index (χ2v) is 15.0. The van der Waals surface area contributed by atoms with Crippen molar-refractivity contribution in [3.63, 3.8) is 0 Å². The Kier molecular flexibility index (Phi) is 6.45. The van der Waals surface area contributed by atoms with Gasteiger partial charge in [0.1, 0.15) is 0 Å². The summed E-state index contributed by atoms with van der Waals surface area (Å²) in [5, 5.41) is -0.00695. The smallest absolute Gasteiger partial charge is 0.410 e. The minimum absolute atomic E-state index is 0.00695. The highest BCUT2D eigenvalue weighted by Crippen LogP contribution is 2.39. The number of rotatable bonds is 4. The standard InChI is InChI=1S/C21H33F3N4O2Si/c1-14-7-10-28(18(14)29)16-8-9-27(13-17(16)30-31(5,6)20(2,3)4)19-25-11-15(12-26-19)21(22,23)24/h11-12,14,16-17H,7-10,13H2,1-6H3/t14-,16+,17+/m0/s1. The van der Waals surface area contributed by atoms with E-state index in [0.717, 1.165) is 25.4 Å². The predicted octanol–water partition coefficient (Wildman–Crippen LogP) is 4.33. The van der Waals surface area contributed by atoms with Gasteiger partial charge < -0.3 is 14.2 Å². The van der Waals surface area contributed by atoms with Crippen LogP contribution in [-0.2, 0) is 15.4 Å². The zero-order valence-electron chi connectivity index (χ0n) is 19.2. The topological polar surface area (TPSA) is 58.6 Å². The molecule has 0 unspecified atom stereocenters. The minimum atomic E-state index is -4.47. The van der Waals surface area contributed by atoms with Crippen LogP contribution in [-0.4, -0.2) is 60.9 Å². The molecule has 0 aromatic carbocycles. The summed E-state index contributed by atoms with van der Waals surface area (Å²) in [5.41, 5.74) is -0.864. The number of anilines is 1. The van der Waals surface area contributed by atoms with Gasteiger partial charge in [-0.3, -0.25) is 4.79 Å². The monoisotopic (exact) mass is 458 g/mol. The fourth-order valence-electron chi connectivity index (χ4n) is 3.92. The van der Waals surface area contributed by atoms with Gasteiger partial charge in [-0.25, -0.2) is 9.97 Å². The van der Waals surface area contributed by atoms with Gasteiger partial charge in [-0.2, -0.15) is 13.2 Å². The Morgan fingerprint density at radius 3 is 2.19 bits per heavy atom. The van der Waals surface area contributed by atoms with E-state index in [9.17, 15) is 18.0 Å². The van der Waals surface area contributed by atoms with Crippen LogP contribution in [0.4, 0.5) is 19.1 Å². The molecule has 0 spiro atoms. The van der Waals surface area contributed by atoms with Crippen molar-refractivity contribution in [2.24, 2.45) is 5.92 Å².